The molecule has 0 aliphatic heterocycles. The van der Waals surface area contributed by atoms with Crippen molar-refractivity contribution in [2.24, 2.45) is 5.73 Å². The van der Waals surface area contributed by atoms with Crippen LogP contribution >= 0.6 is 0 Å². The Hall–Kier alpha value is -3.72. The molecule has 4 aromatic rings. The van der Waals surface area contributed by atoms with Gasteiger partial charge in [-0.3, -0.25) is 4.79 Å². The van der Waals surface area contributed by atoms with Crippen LogP contribution in [0.15, 0.2) is 48.5 Å². The molecule has 166 valence electrons. The molecule has 1 atom stereocenters. The first-order valence-corrected chi connectivity index (χ1v) is 10.4. The van der Waals surface area contributed by atoms with E-state index in [0.29, 0.717) is 24.0 Å². The van der Waals surface area contributed by atoms with Gasteiger partial charge in [-0.05, 0) is 57.2 Å². The van der Waals surface area contributed by atoms with Crippen molar-refractivity contribution in [3.63, 3.8) is 0 Å². The lowest BCUT2D eigenvalue weighted by molar-refractivity contribution is -0.121. The maximum absolute atomic E-state index is 12.6. The summed E-state index contributed by atoms with van der Waals surface area (Å²) in [6, 6.07) is 14.7. The first-order chi connectivity index (χ1) is 15.2. The number of amides is 1. The van der Waals surface area contributed by atoms with Gasteiger partial charge in [-0.15, -0.1) is 5.10 Å². The number of carbonyl (C=O) groups excluding carboxylic acids is 1. The smallest absolute Gasteiger partial charge is 0.242 e. The zero-order valence-corrected chi connectivity index (χ0v) is 18.6. The lowest BCUT2D eigenvalue weighted by Crippen LogP contribution is -2.48. The lowest BCUT2D eigenvalue weighted by atomic mass is 10.1. The molecular formula is C23H27N7O2. The van der Waals surface area contributed by atoms with Crippen molar-refractivity contribution < 1.29 is 9.53 Å². The summed E-state index contributed by atoms with van der Waals surface area (Å²) in [4.78, 5) is 22.0. The number of rotatable bonds is 7. The van der Waals surface area contributed by atoms with Crippen LogP contribution in [0, 0.1) is 0 Å². The van der Waals surface area contributed by atoms with Gasteiger partial charge in [0, 0.05) is 23.0 Å². The molecule has 0 unspecified atom stereocenters. The molecule has 0 saturated heterocycles. The fraction of sp³-hybridized carbons (Fsp3) is 0.304. The zero-order chi connectivity index (χ0) is 22.9. The summed E-state index contributed by atoms with van der Waals surface area (Å²) in [5.41, 5.74) is 7.73. The third-order valence-corrected chi connectivity index (χ3v) is 4.98. The van der Waals surface area contributed by atoms with E-state index in [1.54, 1.807) is 18.5 Å². The van der Waals surface area contributed by atoms with Gasteiger partial charge in [-0.25, -0.2) is 9.97 Å². The predicted octanol–water partition coefficient (Wildman–Crippen LogP) is 2.61. The van der Waals surface area contributed by atoms with E-state index >= 15 is 0 Å². The van der Waals surface area contributed by atoms with Gasteiger partial charge in [-0.1, -0.05) is 12.1 Å². The monoisotopic (exact) mass is 433 g/mol. The molecule has 0 spiro atoms. The predicted molar refractivity (Wildman–Crippen MR) is 125 cm³/mol. The number of benzene rings is 2. The summed E-state index contributed by atoms with van der Waals surface area (Å²) in [5, 5.41) is 11.6. The van der Waals surface area contributed by atoms with Crippen LogP contribution in [0.1, 0.15) is 20.8 Å². The second-order valence-corrected chi connectivity index (χ2v) is 8.42. The van der Waals surface area contributed by atoms with Gasteiger partial charge in [0.25, 0.3) is 0 Å². The minimum Gasteiger partial charge on any atom is -0.497 e. The highest BCUT2D eigenvalue weighted by Crippen LogP contribution is 2.25. The number of aromatic nitrogens is 4. The van der Waals surface area contributed by atoms with Crippen LogP contribution in [-0.4, -0.2) is 50.7 Å². The van der Waals surface area contributed by atoms with Crippen molar-refractivity contribution in [3.8, 4) is 17.1 Å². The van der Waals surface area contributed by atoms with Gasteiger partial charge in [0.2, 0.25) is 11.9 Å². The highest BCUT2D eigenvalue weighted by atomic mass is 16.5. The topological polar surface area (TPSA) is 119 Å². The van der Waals surface area contributed by atoms with Gasteiger partial charge in [-0.2, -0.15) is 4.52 Å². The molecule has 4 rings (SSSR count). The second kappa shape index (κ2) is 8.43. The molecule has 4 N–H and O–H groups in total. The molecule has 0 saturated carbocycles. The summed E-state index contributed by atoms with van der Waals surface area (Å²) in [6.07, 6.45) is 0. The Kier molecular flexibility index (Phi) is 5.67. The van der Waals surface area contributed by atoms with Crippen LogP contribution in [0.4, 0.5) is 5.95 Å². The van der Waals surface area contributed by atoms with E-state index in [9.17, 15) is 4.79 Å². The number of hydrogen-bond acceptors (Lipinski definition) is 7. The molecular weight excluding hydrogens is 406 g/mol. The van der Waals surface area contributed by atoms with E-state index in [-0.39, 0.29) is 5.91 Å². The number of fused-ring (bicyclic) bond motifs is 3. The van der Waals surface area contributed by atoms with Crippen molar-refractivity contribution in [1.29, 1.82) is 0 Å². The third-order valence-electron chi connectivity index (χ3n) is 4.98. The van der Waals surface area contributed by atoms with E-state index in [4.69, 9.17) is 20.4 Å². The standard InChI is InChI=1S/C23H27N7O2/c1-14(21(31)25-13-23(2,3)24)26-22-27-18-8-6-5-7-17(18)20-28-19(29-30(20)22)15-9-11-16(32-4)12-10-15/h5-12,14H,13,24H2,1-4H3,(H,25,31)(H,26,27)/t14-/m1/s1. The van der Waals surface area contributed by atoms with Crippen molar-refractivity contribution in [2.75, 3.05) is 19.0 Å². The highest BCUT2D eigenvalue weighted by molar-refractivity contribution is 5.93. The molecule has 2 aromatic heterocycles. The molecule has 0 bridgehead atoms. The van der Waals surface area contributed by atoms with E-state index in [1.807, 2.05) is 62.4 Å². The Balaban J connectivity index is 1.72. The Morgan fingerprint density at radius 3 is 2.56 bits per heavy atom. The van der Waals surface area contributed by atoms with Crippen LogP contribution in [-0.2, 0) is 4.79 Å². The zero-order valence-electron chi connectivity index (χ0n) is 18.6. The number of nitrogens with two attached hydrogens (primary N) is 1. The quantitative estimate of drug-likeness (QED) is 0.410. The summed E-state index contributed by atoms with van der Waals surface area (Å²) in [7, 11) is 1.62. The van der Waals surface area contributed by atoms with Gasteiger partial charge in [0.15, 0.2) is 11.5 Å². The number of anilines is 1. The number of nitrogens with one attached hydrogen (secondary N) is 2. The van der Waals surface area contributed by atoms with Crippen LogP contribution in [0.2, 0.25) is 0 Å². The molecule has 1 amide bonds. The van der Waals surface area contributed by atoms with E-state index in [0.717, 1.165) is 22.2 Å². The number of methoxy groups -OCH3 is 1. The maximum atomic E-state index is 12.6. The molecule has 0 aliphatic carbocycles. The fourth-order valence-corrected chi connectivity index (χ4v) is 3.24. The molecule has 9 nitrogen and oxygen atoms in total. The molecule has 0 radical (unpaired) electrons. The third kappa shape index (κ3) is 4.47. The highest BCUT2D eigenvalue weighted by Gasteiger charge is 2.20. The Bertz CT molecular complexity index is 1260. The van der Waals surface area contributed by atoms with E-state index in [2.05, 4.69) is 15.7 Å². The minimum absolute atomic E-state index is 0.179. The summed E-state index contributed by atoms with van der Waals surface area (Å²) in [5.74, 6) is 1.56. The molecule has 2 aromatic carbocycles. The molecule has 9 heteroatoms. The SMILES string of the molecule is COc1ccc(-c2nc3c4ccccc4nc(N[C@H](C)C(=O)NCC(C)(C)N)n3n2)cc1. The fourth-order valence-electron chi connectivity index (χ4n) is 3.24. The summed E-state index contributed by atoms with van der Waals surface area (Å²) in [6.45, 7) is 5.85. The number of nitrogens with zero attached hydrogens (tertiary/aromatic N) is 4. The van der Waals surface area contributed by atoms with Crippen molar-refractivity contribution in [3.05, 3.63) is 48.5 Å². The minimum atomic E-state index is -0.553. The Morgan fingerprint density at radius 1 is 1.16 bits per heavy atom. The van der Waals surface area contributed by atoms with E-state index < -0.39 is 11.6 Å². The van der Waals surface area contributed by atoms with Crippen LogP contribution < -0.4 is 21.1 Å². The van der Waals surface area contributed by atoms with Crippen molar-refractivity contribution in [1.82, 2.24) is 24.9 Å². The number of carbonyl (C=O) groups is 1. The van der Waals surface area contributed by atoms with Gasteiger partial charge in [0.1, 0.15) is 11.8 Å². The van der Waals surface area contributed by atoms with Gasteiger partial charge in [0.05, 0.1) is 12.6 Å². The average molecular weight is 434 g/mol. The largest absolute Gasteiger partial charge is 0.497 e. The Morgan fingerprint density at radius 2 is 1.88 bits per heavy atom. The summed E-state index contributed by atoms with van der Waals surface area (Å²) < 4.78 is 6.87. The van der Waals surface area contributed by atoms with Crippen LogP contribution in [0.25, 0.3) is 27.9 Å². The van der Waals surface area contributed by atoms with E-state index in [1.165, 1.54) is 0 Å². The van der Waals surface area contributed by atoms with Gasteiger partial charge >= 0.3 is 0 Å². The first-order valence-electron chi connectivity index (χ1n) is 10.4. The van der Waals surface area contributed by atoms with Crippen molar-refractivity contribution in [2.45, 2.75) is 32.4 Å². The van der Waals surface area contributed by atoms with Crippen LogP contribution in [0.5, 0.6) is 5.75 Å². The lowest BCUT2D eigenvalue weighted by Gasteiger charge is -2.21. The Labute approximate surface area is 186 Å². The normalized spacial score (nSPS) is 12.7. The average Bonchev–Trinajstić information content (AvgIpc) is 3.23. The molecule has 32 heavy (non-hydrogen) atoms. The number of para-hydroxylation sites is 1. The second-order valence-electron chi connectivity index (χ2n) is 8.42. The summed E-state index contributed by atoms with van der Waals surface area (Å²) >= 11 is 0. The molecule has 0 aliphatic rings. The number of ether oxygens (including phenoxy) is 1. The van der Waals surface area contributed by atoms with Gasteiger partial charge < -0.3 is 21.1 Å². The number of hydrogen-bond donors (Lipinski definition) is 3. The van der Waals surface area contributed by atoms with Crippen LogP contribution in [0.3, 0.4) is 0 Å². The molecule has 2 heterocycles. The first kappa shape index (κ1) is 21.5. The van der Waals surface area contributed by atoms with Crippen molar-refractivity contribution >= 4 is 28.4 Å². The molecule has 0 fully saturated rings. The maximum Gasteiger partial charge on any atom is 0.242 e.